The van der Waals surface area contributed by atoms with Crippen LogP contribution in [0.5, 0.6) is 11.5 Å². The molecule has 138 valence electrons. The van der Waals surface area contributed by atoms with Gasteiger partial charge in [-0.15, -0.1) is 11.3 Å². The van der Waals surface area contributed by atoms with E-state index in [-0.39, 0.29) is 30.8 Å². The Kier molecular flexibility index (Phi) is 4.75. The fourth-order valence-electron chi connectivity index (χ4n) is 2.49. The zero-order valence-electron chi connectivity index (χ0n) is 14.1. The fourth-order valence-corrected chi connectivity index (χ4v) is 3.22. The molecule has 0 unspecified atom stereocenters. The van der Waals surface area contributed by atoms with Crippen molar-refractivity contribution in [2.75, 3.05) is 17.4 Å². The number of aryl methyl sites for hydroxylation is 1. The van der Waals surface area contributed by atoms with E-state index in [4.69, 9.17) is 13.9 Å². The molecular formula is C18H15N3O5S. The summed E-state index contributed by atoms with van der Waals surface area (Å²) in [5.41, 5.74) is 1.38. The molecule has 2 N–H and O–H groups in total. The van der Waals surface area contributed by atoms with Crippen LogP contribution in [0.15, 0.2) is 46.4 Å². The number of fused-ring (bicyclic) bond motifs is 1. The van der Waals surface area contributed by atoms with Gasteiger partial charge in [-0.05, 0) is 30.7 Å². The summed E-state index contributed by atoms with van der Waals surface area (Å²) in [5, 5.41) is 7.75. The zero-order valence-corrected chi connectivity index (χ0v) is 14.9. The van der Waals surface area contributed by atoms with E-state index in [1.807, 2.05) is 5.38 Å². The largest absolute Gasteiger partial charge is 0.459 e. The lowest BCUT2D eigenvalue weighted by Crippen LogP contribution is -2.12. The molecule has 8 nitrogen and oxygen atoms in total. The summed E-state index contributed by atoms with van der Waals surface area (Å²) >= 11 is 1.30. The number of carbonyl (C=O) groups excluding carboxylic acids is 2. The normalized spacial score (nSPS) is 12.0. The second kappa shape index (κ2) is 7.50. The number of carbonyl (C=O) groups is 2. The van der Waals surface area contributed by atoms with E-state index < -0.39 is 0 Å². The number of nitrogens with one attached hydrogen (secondary N) is 2. The number of thiazole rings is 1. The van der Waals surface area contributed by atoms with E-state index >= 15 is 0 Å². The fraction of sp³-hybridized carbons (Fsp3) is 0.167. The Balaban J connectivity index is 1.28. The number of furan rings is 1. The Bertz CT molecular complexity index is 967. The van der Waals surface area contributed by atoms with Crippen LogP contribution < -0.4 is 20.1 Å². The van der Waals surface area contributed by atoms with Crippen molar-refractivity contribution in [1.29, 1.82) is 0 Å². The molecule has 0 atom stereocenters. The third-order valence-corrected chi connectivity index (χ3v) is 4.59. The van der Waals surface area contributed by atoms with Crippen molar-refractivity contribution >= 4 is 34.0 Å². The Labute approximate surface area is 158 Å². The standard InChI is InChI=1S/C18H15N3O5S/c22-16(19-11-3-5-13-15(8-11)26-10-25-13)6-4-12-9-27-18(20-12)21-17(23)14-2-1-7-24-14/h1-3,5,7-9H,4,6,10H2,(H,19,22)(H,20,21,23). The molecule has 0 radical (unpaired) electrons. The van der Waals surface area contributed by atoms with Gasteiger partial charge in [0.15, 0.2) is 22.4 Å². The molecule has 0 saturated heterocycles. The van der Waals surface area contributed by atoms with Gasteiger partial charge < -0.3 is 19.2 Å². The van der Waals surface area contributed by atoms with Gasteiger partial charge in [0.2, 0.25) is 12.7 Å². The quantitative estimate of drug-likeness (QED) is 0.675. The van der Waals surface area contributed by atoms with Crippen molar-refractivity contribution in [3.05, 3.63) is 53.4 Å². The van der Waals surface area contributed by atoms with Crippen LogP contribution in [0.3, 0.4) is 0 Å². The predicted octanol–water partition coefficient (Wildman–Crippen LogP) is 3.29. The number of anilines is 2. The maximum atomic E-state index is 12.1. The van der Waals surface area contributed by atoms with E-state index in [0.717, 1.165) is 5.69 Å². The summed E-state index contributed by atoms with van der Waals surface area (Å²) in [6.07, 6.45) is 2.16. The lowest BCUT2D eigenvalue weighted by Gasteiger charge is -2.05. The van der Waals surface area contributed by atoms with Crippen molar-refractivity contribution in [1.82, 2.24) is 4.98 Å². The van der Waals surface area contributed by atoms with Gasteiger partial charge in [0, 0.05) is 23.6 Å². The lowest BCUT2D eigenvalue weighted by atomic mass is 10.2. The molecule has 3 heterocycles. The topological polar surface area (TPSA) is 103 Å². The minimum Gasteiger partial charge on any atom is -0.459 e. The summed E-state index contributed by atoms with van der Waals surface area (Å²) < 4.78 is 15.6. The maximum absolute atomic E-state index is 12.1. The summed E-state index contributed by atoms with van der Waals surface area (Å²) in [4.78, 5) is 28.4. The molecule has 1 aliphatic heterocycles. The van der Waals surface area contributed by atoms with Gasteiger partial charge in [0.05, 0.1) is 12.0 Å². The molecule has 9 heteroatoms. The van der Waals surface area contributed by atoms with E-state index in [2.05, 4.69) is 15.6 Å². The van der Waals surface area contributed by atoms with Crippen LogP contribution in [-0.2, 0) is 11.2 Å². The van der Waals surface area contributed by atoms with Crippen molar-refractivity contribution in [3.63, 3.8) is 0 Å². The molecule has 3 aromatic rings. The molecule has 2 amide bonds. The smallest absolute Gasteiger partial charge is 0.293 e. The second-order valence-corrected chi connectivity index (χ2v) is 6.55. The average molecular weight is 385 g/mol. The van der Waals surface area contributed by atoms with Crippen LogP contribution >= 0.6 is 11.3 Å². The van der Waals surface area contributed by atoms with Gasteiger partial charge in [0.25, 0.3) is 5.91 Å². The van der Waals surface area contributed by atoms with Gasteiger partial charge in [0.1, 0.15) is 0 Å². The first-order valence-corrected chi connectivity index (χ1v) is 9.04. The van der Waals surface area contributed by atoms with Crippen LogP contribution in [0, 0.1) is 0 Å². The number of rotatable bonds is 6. The second-order valence-electron chi connectivity index (χ2n) is 5.69. The van der Waals surface area contributed by atoms with Crippen LogP contribution in [-0.4, -0.2) is 23.6 Å². The van der Waals surface area contributed by atoms with E-state index in [1.54, 1.807) is 30.3 Å². The maximum Gasteiger partial charge on any atom is 0.293 e. The summed E-state index contributed by atoms with van der Waals surface area (Å²) in [7, 11) is 0. The van der Waals surface area contributed by atoms with Gasteiger partial charge in [-0.3, -0.25) is 14.9 Å². The third kappa shape index (κ3) is 4.09. The molecular weight excluding hydrogens is 370 g/mol. The highest BCUT2D eigenvalue weighted by atomic mass is 32.1. The summed E-state index contributed by atoms with van der Waals surface area (Å²) in [5.74, 6) is 1.00. The number of hydrogen-bond acceptors (Lipinski definition) is 7. The van der Waals surface area contributed by atoms with Crippen molar-refractivity contribution in [3.8, 4) is 11.5 Å². The molecule has 1 aromatic carbocycles. The van der Waals surface area contributed by atoms with Crippen molar-refractivity contribution < 1.29 is 23.5 Å². The average Bonchev–Trinajstić information content (AvgIpc) is 3.41. The Morgan fingerprint density at radius 3 is 2.89 bits per heavy atom. The monoisotopic (exact) mass is 385 g/mol. The molecule has 0 aliphatic carbocycles. The van der Waals surface area contributed by atoms with Crippen LogP contribution in [0.4, 0.5) is 10.8 Å². The SMILES string of the molecule is O=C(CCc1csc(NC(=O)c2ccco2)n1)Nc1ccc2c(c1)OCO2. The summed E-state index contributed by atoms with van der Waals surface area (Å²) in [6, 6.07) is 8.46. The molecule has 2 aromatic heterocycles. The molecule has 4 rings (SSSR count). The first-order chi connectivity index (χ1) is 13.2. The van der Waals surface area contributed by atoms with Crippen molar-refractivity contribution in [2.24, 2.45) is 0 Å². The van der Waals surface area contributed by atoms with E-state index in [9.17, 15) is 9.59 Å². The third-order valence-electron chi connectivity index (χ3n) is 3.78. The highest BCUT2D eigenvalue weighted by Crippen LogP contribution is 2.34. The highest BCUT2D eigenvalue weighted by Gasteiger charge is 2.15. The van der Waals surface area contributed by atoms with Crippen molar-refractivity contribution in [2.45, 2.75) is 12.8 Å². The molecule has 1 aliphatic rings. The Morgan fingerprint density at radius 1 is 1.15 bits per heavy atom. The first-order valence-electron chi connectivity index (χ1n) is 8.16. The van der Waals surface area contributed by atoms with Crippen LogP contribution in [0.25, 0.3) is 0 Å². The minimum absolute atomic E-state index is 0.136. The number of ether oxygens (including phenoxy) is 2. The molecule has 0 bridgehead atoms. The number of hydrogen-bond donors (Lipinski definition) is 2. The molecule has 0 spiro atoms. The highest BCUT2D eigenvalue weighted by molar-refractivity contribution is 7.13. The number of amides is 2. The van der Waals surface area contributed by atoms with Crippen LogP contribution in [0.2, 0.25) is 0 Å². The Morgan fingerprint density at radius 2 is 2.04 bits per heavy atom. The van der Waals surface area contributed by atoms with E-state index in [1.165, 1.54) is 17.6 Å². The van der Waals surface area contributed by atoms with Gasteiger partial charge in [-0.25, -0.2) is 4.98 Å². The number of nitrogens with zero attached hydrogens (tertiary/aromatic N) is 1. The predicted molar refractivity (Wildman–Crippen MR) is 98.3 cm³/mol. The van der Waals surface area contributed by atoms with Gasteiger partial charge >= 0.3 is 0 Å². The Hall–Kier alpha value is -3.33. The van der Waals surface area contributed by atoms with E-state index in [0.29, 0.717) is 28.7 Å². The zero-order chi connectivity index (χ0) is 18.6. The minimum atomic E-state index is -0.360. The lowest BCUT2D eigenvalue weighted by molar-refractivity contribution is -0.116. The molecule has 27 heavy (non-hydrogen) atoms. The first kappa shape index (κ1) is 17.1. The number of aromatic nitrogens is 1. The summed E-state index contributed by atoms with van der Waals surface area (Å²) in [6.45, 7) is 0.190. The van der Waals surface area contributed by atoms with Gasteiger partial charge in [-0.2, -0.15) is 0 Å². The van der Waals surface area contributed by atoms with Gasteiger partial charge in [-0.1, -0.05) is 0 Å². The molecule has 0 saturated carbocycles. The molecule has 0 fully saturated rings. The number of benzene rings is 1. The van der Waals surface area contributed by atoms with Crippen LogP contribution in [0.1, 0.15) is 22.7 Å².